The highest BCUT2D eigenvalue weighted by Gasteiger charge is 2.05. The van der Waals surface area contributed by atoms with Gasteiger partial charge in [0.25, 0.3) is 0 Å². The van der Waals surface area contributed by atoms with E-state index >= 15 is 0 Å². The first-order valence-electron chi connectivity index (χ1n) is 6.25. The highest BCUT2D eigenvalue weighted by molar-refractivity contribution is 4.93. The van der Waals surface area contributed by atoms with Crippen molar-refractivity contribution in [2.24, 2.45) is 7.05 Å². The summed E-state index contributed by atoms with van der Waals surface area (Å²) in [5, 5.41) is 7.81. The van der Waals surface area contributed by atoms with Crippen LogP contribution in [0, 0.1) is 0 Å². The number of aryl methyl sites for hydroxylation is 3. The fraction of sp³-hybridized carbons (Fsp3) is 0.833. The number of hydrogen-bond donors (Lipinski definition) is 1. The summed E-state index contributed by atoms with van der Waals surface area (Å²) in [5.74, 6) is 2.09. The van der Waals surface area contributed by atoms with Gasteiger partial charge in [-0.3, -0.25) is 4.68 Å². The molecule has 0 atom stereocenters. The molecule has 16 heavy (non-hydrogen) atoms. The lowest BCUT2D eigenvalue weighted by Crippen LogP contribution is -2.24. The van der Waals surface area contributed by atoms with Crippen LogP contribution in [-0.2, 0) is 19.9 Å². The molecule has 1 aromatic heterocycles. The summed E-state index contributed by atoms with van der Waals surface area (Å²) in [6.45, 7) is 7.54. The standard InChI is InChI=1S/C12H24N4/c1-5-7-11-14-12(16(4)15-11)8-6-9-13-10(2)3/h10,13H,5-9H2,1-4H3. The Balaban J connectivity index is 2.35. The highest BCUT2D eigenvalue weighted by atomic mass is 15.3. The van der Waals surface area contributed by atoms with Gasteiger partial charge in [-0.05, 0) is 19.4 Å². The Morgan fingerprint density at radius 1 is 1.31 bits per heavy atom. The maximum Gasteiger partial charge on any atom is 0.150 e. The van der Waals surface area contributed by atoms with Crippen molar-refractivity contribution in [2.45, 2.75) is 52.5 Å². The number of nitrogens with one attached hydrogen (secondary N) is 1. The van der Waals surface area contributed by atoms with Gasteiger partial charge in [-0.25, -0.2) is 4.98 Å². The Kier molecular flexibility index (Phi) is 5.46. The van der Waals surface area contributed by atoms with Crippen LogP contribution in [0.25, 0.3) is 0 Å². The maximum atomic E-state index is 4.54. The monoisotopic (exact) mass is 224 g/mol. The smallest absolute Gasteiger partial charge is 0.150 e. The minimum atomic E-state index is 0.565. The van der Waals surface area contributed by atoms with E-state index in [0.717, 1.165) is 43.9 Å². The normalized spacial score (nSPS) is 11.3. The van der Waals surface area contributed by atoms with E-state index in [9.17, 15) is 0 Å². The number of aromatic nitrogens is 3. The minimum absolute atomic E-state index is 0.565. The summed E-state index contributed by atoms with van der Waals surface area (Å²) >= 11 is 0. The van der Waals surface area contributed by atoms with Gasteiger partial charge < -0.3 is 5.32 Å². The fourth-order valence-electron chi connectivity index (χ4n) is 1.66. The van der Waals surface area contributed by atoms with E-state index in [-0.39, 0.29) is 0 Å². The van der Waals surface area contributed by atoms with Crippen molar-refractivity contribution < 1.29 is 0 Å². The number of rotatable bonds is 7. The average Bonchev–Trinajstić information content (AvgIpc) is 2.54. The van der Waals surface area contributed by atoms with Gasteiger partial charge in [0.05, 0.1) is 0 Å². The molecule has 0 fully saturated rings. The SMILES string of the molecule is CCCc1nc(CCCNC(C)C)n(C)n1. The Hall–Kier alpha value is -0.900. The van der Waals surface area contributed by atoms with Crippen LogP contribution in [0.2, 0.25) is 0 Å². The third-order valence-electron chi connectivity index (χ3n) is 2.50. The van der Waals surface area contributed by atoms with Gasteiger partial charge in [0.2, 0.25) is 0 Å². The summed E-state index contributed by atoms with van der Waals surface area (Å²) in [7, 11) is 1.98. The highest BCUT2D eigenvalue weighted by Crippen LogP contribution is 2.02. The van der Waals surface area contributed by atoms with Crippen molar-refractivity contribution >= 4 is 0 Å². The van der Waals surface area contributed by atoms with Crippen LogP contribution in [0.1, 0.15) is 45.3 Å². The topological polar surface area (TPSA) is 42.7 Å². The average molecular weight is 224 g/mol. The van der Waals surface area contributed by atoms with E-state index in [2.05, 4.69) is 36.2 Å². The Morgan fingerprint density at radius 2 is 2.06 bits per heavy atom. The van der Waals surface area contributed by atoms with Crippen LogP contribution in [0.5, 0.6) is 0 Å². The summed E-state index contributed by atoms with van der Waals surface area (Å²) in [6.07, 6.45) is 4.22. The van der Waals surface area contributed by atoms with Crippen molar-refractivity contribution in [3.8, 4) is 0 Å². The molecule has 92 valence electrons. The molecule has 0 aliphatic heterocycles. The predicted octanol–water partition coefficient (Wildman–Crippen LogP) is 1.70. The third kappa shape index (κ3) is 4.31. The van der Waals surface area contributed by atoms with Crippen LogP contribution in [0.4, 0.5) is 0 Å². The van der Waals surface area contributed by atoms with Crippen LogP contribution < -0.4 is 5.32 Å². The summed E-state index contributed by atoms with van der Waals surface area (Å²) in [5.41, 5.74) is 0. The molecular weight excluding hydrogens is 200 g/mol. The molecule has 0 aliphatic carbocycles. The first-order chi connectivity index (χ1) is 7.63. The lowest BCUT2D eigenvalue weighted by atomic mass is 10.2. The van der Waals surface area contributed by atoms with Crippen LogP contribution >= 0.6 is 0 Å². The van der Waals surface area contributed by atoms with Crippen molar-refractivity contribution in [1.29, 1.82) is 0 Å². The van der Waals surface area contributed by atoms with Crippen molar-refractivity contribution in [1.82, 2.24) is 20.1 Å². The largest absolute Gasteiger partial charge is 0.315 e. The zero-order valence-electron chi connectivity index (χ0n) is 11.0. The van der Waals surface area contributed by atoms with Gasteiger partial charge in [-0.1, -0.05) is 20.8 Å². The molecule has 1 aromatic rings. The van der Waals surface area contributed by atoms with Crippen molar-refractivity contribution in [2.75, 3.05) is 6.54 Å². The third-order valence-corrected chi connectivity index (χ3v) is 2.50. The van der Waals surface area contributed by atoms with E-state index in [4.69, 9.17) is 0 Å². The molecule has 0 aromatic carbocycles. The molecule has 1 heterocycles. The Bertz CT molecular complexity index is 304. The second-order valence-corrected chi connectivity index (χ2v) is 4.53. The van der Waals surface area contributed by atoms with Gasteiger partial charge in [-0.15, -0.1) is 0 Å². The molecule has 4 heteroatoms. The molecule has 0 radical (unpaired) electrons. The summed E-state index contributed by atoms with van der Waals surface area (Å²) < 4.78 is 1.92. The summed E-state index contributed by atoms with van der Waals surface area (Å²) in [6, 6.07) is 0.565. The predicted molar refractivity (Wildman–Crippen MR) is 66.5 cm³/mol. The van der Waals surface area contributed by atoms with Gasteiger partial charge in [0, 0.05) is 25.9 Å². The molecule has 0 saturated heterocycles. The lowest BCUT2D eigenvalue weighted by Gasteiger charge is -2.06. The van der Waals surface area contributed by atoms with Gasteiger partial charge in [0.1, 0.15) is 5.82 Å². The second-order valence-electron chi connectivity index (χ2n) is 4.53. The van der Waals surface area contributed by atoms with Crippen molar-refractivity contribution in [3.05, 3.63) is 11.6 Å². The van der Waals surface area contributed by atoms with Crippen molar-refractivity contribution in [3.63, 3.8) is 0 Å². The van der Waals surface area contributed by atoms with Gasteiger partial charge in [-0.2, -0.15) is 5.10 Å². The fourth-order valence-corrected chi connectivity index (χ4v) is 1.66. The van der Waals surface area contributed by atoms with Crippen LogP contribution in [0.15, 0.2) is 0 Å². The first-order valence-corrected chi connectivity index (χ1v) is 6.25. The van der Waals surface area contributed by atoms with E-state index in [1.807, 2.05) is 11.7 Å². The molecule has 1 N–H and O–H groups in total. The molecular formula is C12H24N4. The molecule has 0 aliphatic rings. The van der Waals surface area contributed by atoms with Crippen LogP contribution in [-0.4, -0.2) is 27.4 Å². The number of nitrogens with zero attached hydrogens (tertiary/aromatic N) is 3. The zero-order chi connectivity index (χ0) is 12.0. The zero-order valence-corrected chi connectivity index (χ0v) is 11.0. The molecule has 1 rings (SSSR count). The van der Waals surface area contributed by atoms with E-state index in [0.29, 0.717) is 6.04 Å². The molecule has 0 bridgehead atoms. The lowest BCUT2D eigenvalue weighted by molar-refractivity contribution is 0.558. The summed E-state index contributed by atoms with van der Waals surface area (Å²) in [4.78, 5) is 4.54. The molecule has 0 amide bonds. The maximum absolute atomic E-state index is 4.54. The Morgan fingerprint density at radius 3 is 2.69 bits per heavy atom. The van der Waals surface area contributed by atoms with E-state index in [1.165, 1.54) is 0 Å². The van der Waals surface area contributed by atoms with Gasteiger partial charge in [0.15, 0.2) is 5.82 Å². The van der Waals surface area contributed by atoms with E-state index < -0.39 is 0 Å². The molecule has 4 nitrogen and oxygen atoms in total. The van der Waals surface area contributed by atoms with E-state index in [1.54, 1.807) is 0 Å². The first kappa shape index (κ1) is 13.2. The second kappa shape index (κ2) is 6.63. The molecule has 0 spiro atoms. The molecule has 0 saturated carbocycles. The quantitative estimate of drug-likeness (QED) is 0.717. The van der Waals surface area contributed by atoms with Gasteiger partial charge >= 0.3 is 0 Å². The number of hydrogen-bond acceptors (Lipinski definition) is 3. The minimum Gasteiger partial charge on any atom is -0.315 e. The molecule has 0 unspecified atom stereocenters. The van der Waals surface area contributed by atoms with Crippen LogP contribution in [0.3, 0.4) is 0 Å². The Labute approximate surface area is 98.5 Å².